The van der Waals surface area contributed by atoms with Crippen LogP contribution in [0.3, 0.4) is 0 Å². The molecule has 1 fully saturated rings. The molecule has 0 radical (unpaired) electrons. The van der Waals surface area contributed by atoms with E-state index in [1.54, 1.807) is 29.4 Å². The summed E-state index contributed by atoms with van der Waals surface area (Å²) in [6.45, 7) is 8.85. The van der Waals surface area contributed by atoms with Crippen molar-refractivity contribution in [2.24, 2.45) is 0 Å². The number of thiazole rings is 1. The number of fused-ring (bicyclic) bond motifs is 1. The molecule has 0 N–H and O–H groups in total. The maximum Gasteiger partial charge on any atom is 0.340 e. The second kappa shape index (κ2) is 12.1. The van der Waals surface area contributed by atoms with E-state index >= 15 is 0 Å². The van der Waals surface area contributed by atoms with Crippen molar-refractivity contribution in [3.8, 4) is 0 Å². The van der Waals surface area contributed by atoms with Crippen LogP contribution in [0.15, 0.2) is 49.3 Å². The highest BCUT2D eigenvalue weighted by molar-refractivity contribution is 7.22. The first-order valence-electron chi connectivity index (χ1n) is 12.8. The first-order valence-corrected chi connectivity index (χ1v) is 13.6. The van der Waals surface area contributed by atoms with Crippen molar-refractivity contribution in [3.63, 3.8) is 0 Å². The molecule has 1 aliphatic rings. The quantitative estimate of drug-likeness (QED) is 0.210. The summed E-state index contributed by atoms with van der Waals surface area (Å²) in [6.07, 6.45) is 11.0. The van der Waals surface area contributed by atoms with Gasteiger partial charge in [0.15, 0.2) is 5.13 Å². The summed E-state index contributed by atoms with van der Waals surface area (Å²) in [5.74, 6) is -0.445. The number of pyridine rings is 1. The van der Waals surface area contributed by atoms with Gasteiger partial charge in [-0.2, -0.15) is 0 Å². The lowest BCUT2D eigenvalue weighted by molar-refractivity contribution is 0.0325. The summed E-state index contributed by atoms with van der Waals surface area (Å²) >= 11 is 1.46. The zero-order valence-electron chi connectivity index (χ0n) is 21.1. The fraction of sp³-hybridized carbons (Fsp3) is 0.429. The molecule has 0 saturated carbocycles. The molecule has 36 heavy (non-hydrogen) atoms. The van der Waals surface area contributed by atoms with E-state index in [-0.39, 0.29) is 12.6 Å². The van der Waals surface area contributed by atoms with Gasteiger partial charge < -0.3 is 9.64 Å². The molecule has 1 saturated heterocycles. The minimum absolute atomic E-state index is 0.208. The van der Waals surface area contributed by atoms with E-state index in [0.717, 1.165) is 54.3 Å². The lowest BCUT2D eigenvalue weighted by Crippen LogP contribution is -2.37. The van der Waals surface area contributed by atoms with Gasteiger partial charge in [-0.05, 0) is 61.4 Å². The Kier molecular flexibility index (Phi) is 8.70. The minimum Gasteiger partial charge on any atom is -0.435 e. The van der Waals surface area contributed by atoms with Gasteiger partial charge in [0.25, 0.3) is 0 Å². The third-order valence-electron chi connectivity index (χ3n) is 6.38. The average molecular weight is 507 g/mol. The molecule has 8 heteroatoms. The number of esters is 1. The summed E-state index contributed by atoms with van der Waals surface area (Å²) < 4.78 is 7.00. The summed E-state index contributed by atoms with van der Waals surface area (Å²) in [5, 5.41) is 0.544. The topological polar surface area (TPSA) is 75.6 Å². The zero-order chi connectivity index (χ0) is 25.5. The highest BCUT2D eigenvalue weighted by atomic mass is 32.1. The van der Waals surface area contributed by atoms with Crippen molar-refractivity contribution in [1.29, 1.82) is 0 Å². The summed E-state index contributed by atoms with van der Waals surface area (Å²) in [6, 6.07) is 7.75. The number of aryl methyl sites for hydroxylation is 2. The number of aromatic nitrogens is 2. The monoisotopic (exact) mass is 506 g/mol. The fourth-order valence-electron chi connectivity index (χ4n) is 4.33. The molecule has 0 aliphatic carbocycles. The predicted molar refractivity (Wildman–Crippen MR) is 145 cm³/mol. The summed E-state index contributed by atoms with van der Waals surface area (Å²) in [7, 11) is 0. The smallest absolute Gasteiger partial charge is 0.340 e. The molecule has 190 valence electrons. The Hall–Kier alpha value is -3.26. The number of rotatable bonds is 12. The zero-order valence-corrected chi connectivity index (χ0v) is 21.9. The molecular formula is C28H34N4O3S. The average Bonchev–Trinajstić information content (AvgIpc) is 3.44. The fourth-order valence-corrected chi connectivity index (χ4v) is 5.39. The lowest BCUT2D eigenvalue weighted by Gasteiger charge is -2.20. The number of amides is 2. The molecule has 2 aromatic heterocycles. The molecule has 0 spiro atoms. The van der Waals surface area contributed by atoms with Gasteiger partial charge in [0.2, 0.25) is 6.23 Å². The first-order chi connectivity index (χ1) is 17.5. The Bertz CT molecular complexity index is 1220. The maximum atomic E-state index is 13.4. The molecule has 3 aromatic rings. The highest BCUT2D eigenvalue weighted by Crippen LogP contribution is 2.34. The highest BCUT2D eigenvalue weighted by Gasteiger charge is 2.42. The van der Waals surface area contributed by atoms with Crippen LogP contribution in [0.1, 0.15) is 67.4 Å². The molecule has 4 rings (SSSR count). The number of benzene rings is 1. The van der Waals surface area contributed by atoms with Gasteiger partial charge in [0, 0.05) is 18.9 Å². The molecule has 1 atom stereocenters. The number of hydrogen-bond acceptors (Lipinski definition) is 6. The predicted octanol–water partition coefficient (Wildman–Crippen LogP) is 6.38. The van der Waals surface area contributed by atoms with Crippen LogP contribution in [-0.4, -0.2) is 46.2 Å². The summed E-state index contributed by atoms with van der Waals surface area (Å²) in [4.78, 5) is 38.8. The van der Waals surface area contributed by atoms with Crippen LogP contribution >= 0.6 is 11.3 Å². The van der Waals surface area contributed by atoms with Crippen molar-refractivity contribution < 1.29 is 14.3 Å². The molecule has 3 heterocycles. The van der Waals surface area contributed by atoms with E-state index in [2.05, 4.69) is 37.5 Å². The van der Waals surface area contributed by atoms with Gasteiger partial charge in [0.1, 0.15) is 0 Å². The number of carbonyl (C=O) groups is 2. The number of hydrogen-bond donors (Lipinski definition) is 0. The Morgan fingerprint density at radius 1 is 1.22 bits per heavy atom. The lowest BCUT2D eigenvalue weighted by atomic mass is 10.1. The molecule has 7 nitrogen and oxygen atoms in total. The number of urea groups is 1. The molecule has 1 aliphatic heterocycles. The van der Waals surface area contributed by atoms with Crippen LogP contribution in [-0.2, 0) is 17.6 Å². The van der Waals surface area contributed by atoms with E-state index in [4.69, 9.17) is 9.72 Å². The molecule has 0 bridgehead atoms. The Labute approximate surface area is 216 Å². The number of carbonyl (C=O) groups excluding carboxylic acids is 2. The van der Waals surface area contributed by atoms with Gasteiger partial charge >= 0.3 is 12.0 Å². The van der Waals surface area contributed by atoms with Crippen molar-refractivity contribution in [1.82, 2.24) is 14.9 Å². The van der Waals surface area contributed by atoms with Crippen LogP contribution in [0.5, 0.6) is 0 Å². The van der Waals surface area contributed by atoms with Crippen LogP contribution < -0.4 is 4.90 Å². The van der Waals surface area contributed by atoms with E-state index in [9.17, 15) is 9.59 Å². The Morgan fingerprint density at radius 2 is 2.03 bits per heavy atom. The molecule has 1 unspecified atom stereocenters. The van der Waals surface area contributed by atoms with Gasteiger partial charge in [-0.15, -0.1) is 6.58 Å². The third kappa shape index (κ3) is 5.75. The van der Waals surface area contributed by atoms with Crippen LogP contribution in [0.4, 0.5) is 9.93 Å². The first kappa shape index (κ1) is 25.8. The summed E-state index contributed by atoms with van der Waals surface area (Å²) in [5.41, 5.74) is 3.47. The van der Waals surface area contributed by atoms with Gasteiger partial charge in [-0.25, -0.2) is 19.5 Å². The van der Waals surface area contributed by atoms with E-state index in [1.165, 1.54) is 21.8 Å². The van der Waals surface area contributed by atoms with Crippen LogP contribution in [0.25, 0.3) is 10.2 Å². The van der Waals surface area contributed by atoms with Gasteiger partial charge in [-0.1, -0.05) is 50.2 Å². The standard InChI is InChI=1S/C28H34N4O3S/c1-4-7-10-20-12-13-23-24(17-20)36-27(30-23)32-25(19-31(28(32)34)16-9-6-3)35-26(33)22-14-15-29-18-21(22)11-8-5-2/h6,12-15,17-18,25H,3-5,7-11,16,19H2,1-2H3. The van der Waals surface area contributed by atoms with Crippen molar-refractivity contribution in [2.75, 3.05) is 18.0 Å². The van der Waals surface area contributed by atoms with Crippen molar-refractivity contribution >= 4 is 38.7 Å². The van der Waals surface area contributed by atoms with E-state index < -0.39 is 12.2 Å². The molecular weight excluding hydrogens is 472 g/mol. The van der Waals surface area contributed by atoms with E-state index in [0.29, 0.717) is 23.7 Å². The van der Waals surface area contributed by atoms with Gasteiger partial charge in [0.05, 0.1) is 22.3 Å². The van der Waals surface area contributed by atoms with Crippen molar-refractivity contribution in [3.05, 3.63) is 66.0 Å². The second-order valence-electron chi connectivity index (χ2n) is 9.07. The minimum atomic E-state index is -0.762. The molecule has 1 aromatic carbocycles. The SMILES string of the molecule is C=CCCN1CC(OC(=O)c2ccncc2CCCC)N(c2nc3ccc(CCCC)cc3s2)C1=O. The van der Waals surface area contributed by atoms with Gasteiger partial charge in [-0.3, -0.25) is 4.98 Å². The second-order valence-corrected chi connectivity index (χ2v) is 10.1. The van der Waals surface area contributed by atoms with Crippen LogP contribution in [0, 0.1) is 0 Å². The number of nitrogens with zero attached hydrogens (tertiary/aromatic N) is 4. The normalized spacial score (nSPS) is 15.6. The number of anilines is 1. The maximum absolute atomic E-state index is 13.4. The third-order valence-corrected chi connectivity index (χ3v) is 7.39. The van der Waals surface area contributed by atoms with E-state index in [1.807, 2.05) is 6.07 Å². The Balaban J connectivity index is 1.61. The largest absolute Gasteiger partial charge is 0.435 e. The number of unbranched alkanes of at least 4 members (excludes halogenated alkanes) is 2. The van der Waals surface area contributed by atoms with Crippen molar-refractivity contribution in [2.45, 2.75) is 65.0 Å². The number of ether oxygens (including phenoxy) is 1. The molecule has 2 amide bonds. The Morgan fingerprint density at radius 3 is 2.81 bits per heavy atom. The van der Waals surface area contributed by atoms with Crippen LogP contribution in [0.2, 0.25) is 0 Å².